The van der Waals surface area contributed by atoms with Crippen LogP contribution in [0.3, 0.4) is 0 Å². The molecular weight excluding hydrogens is 112 g/mol. The molecule has 0 amide bonds. The minimum absolute atomic E-state index is 0.671. The fourth-order valence-electron chi connectivity index (χ4n) is 1.73. The first kappa shape index (κ1) is 5.30. The Morgan fingerprint density at radius 3 is 3.22 bits per heavy atom. The Kier molecular flexibility index (Phi) is 1.02. The number of fused-ring (bicyclic) bond motifs is 1. The van der Waals surface area contributed by atoms with Crippen LogP contribution in [0.5, 0.6) is 0 Å². The molecule has 2 nitrogen and oxygen atoms in total. The molecule has 1 fully saturated rings. The summed E-state index contributed by atoms with van der Waals surface area (Å²) in [6.07, 6.45) is 3.99. The van der Waals surface area contributed by atoms with Crippen molar-refractivity contribution < 1.29 is 0 Å². The van der Waals surface area contributed by atoms with Gasteiger partial charge < -0.3 is 5.43 Å². The van der Waals surface area contributed by atoms with E-state index in [9.17, 15) is 0 Å². The molecule has 1 heterocycles. The smallest absolute Gasteiger partial charge is 0.0489 e. The quantitative estimate of drug-likeness (QED) is 0.502. The topological polar surface area (TPSA) is 24.1 Å². The summed E-state index contributed by atoms with van der Waals surface area (Å²) in [5.41, 5.74) is 9.36. The van der Waals surface area contributed by atoms with E-state index in [1.54, 1.807) is 5.57 Å². The van der Waals surface area contributed by atoms with E-state index in [0.717, 1.165) is 0 Å². The highest BCUT2D eigenvalue weighted by Gasteiger charge is 2.26. The number of hydrogen-bond donors (Lipinski definition) is 2. The predicted molar refractivity (Wildman–Crippen MR) is 36.6 cm³/mol. The second kappa shape index (κ2) is 1.74. The van der Waals surface area contributed by atoms with Gasteiger partial charge in [-0.1, -0.05) is 0 Å². The Morgan fingerprint density at radius 1 is 1.56 bits per heavy atom. The van der Waals surface area contributed by atoms with Gasteiger partial charge in [-0.05, 0) is 31.8 Å². The molecule has 0 aromatic carbocycles. The van der Waals surface area contributed by atoms with Crippen molar-refractivity contribution in [1.29, 1.82) is 0 Å². The lowest BCUT2D eigenvalue weighted by Gasteiger charge is -2.02. The van der Waals surface area contributed by atoms with Crippen LogP contribution in [0.2, 0.25) is 0 Å². The van der Waals surface area contributed by atoms with Gasteiger partial charge in [-0.3, -0.25) is 0 Å². The molecule has 2 N–H and O–H groups in total. The van der Waals surface area contributed by atoms with Crippen LogP contribution in [0.15, 0.2) is 11.3 Å². The first-order chi connectivity index (χ1) is 4.38. The summed E-state index contributed by atoms with van der Waals surface area (Å²) in [6, 6.07) is 0.671. The van der Waals surface area contributed by atoms with Crippen molar-refractivity contribution in [3.05, 3.63) is 11.3 Å². The van der Waals surface area contributed by atoms with E-state index < -0.39 is 0 Å². The normalized spacial score (nSPS) is 32.8. The summed E-state index contributed by atoms with van der Waals surface area (Å²) in [5, 5.41) is 0. The Hall–Kier alpha value is -0.500. The summed E-state index contributed by atoms with van der Waals surface area (Å²) in [5.74, 6) is 0. The molecule has 0 bridgehead atoms. The van der Waals surface area contributed by atoms with Crippen LogP contribution in [-0.4, -0.2) is 6.04 Å². The number of nitrogens with one attached hydrogen (secondary N) is 2. The summed E-state index contributed by atoms with van der Waals surface area (Å²) in [4.78, 5) is 0. The largest absolute Gasteiger partial charge is 0.325 e. The summed E-state index contributed by atoms with van der Waals surface area (Å²) >= 11 is 0. The average Bonchev–Trinajstić information content (AvgIpc) is 2.35. The highest BCUT2D eigenvalue weighted by atomic mass is 15.4. The SMILES string of the molecule is CC1=C2CCCC2NN1. The van der Waals surface area contributed by atoms with E-state index in [1.807, 2.05) is 0 Å². The molecule has 2 heteroatoms. The molecule has 50 valence electrons. The molecule has 1 unspecified atom stereocenters. The monoisotopic (exact) mass is 124 g/mol. The first-order valence-corrected chi connectivity index (χ1v) is 3.59. The second-order valence-corrected chi connectivity index (χ2v) is 2.86. The van der Waals surface area contributed by atoms with E-state index in [-0.39, 0.29) is 0 Å². The van der Waals surface area contributed by atoms with Crippen molar-refractivity contribution in [3.63, 3.8) is 0 Å². The van der Waals surface area contributed by atoms with Gasteiger partial charge in [0.05, 0.1) is 0 Å². The van der Waals surface area contributed by atoms with Gasteiger partial charge in [0.1, 0.15) is 0 Å². The molecule has 1 saturated carbocycles. The molecular formula is C7H12N2. The van der Waals surface area contributed by atoms with Gasteiger partial charge in [-0.15, -0.1) is 0 Å². The Labute approximate surface area is 55.3 Å². The summed E-state index contributed by atoms with van der Waals surface area (Å²) < 4.78 is 0. The molecule has 0 saturated heterocycles. The molecule has 2 aliphatic rings. The van der Waals surface area contributed by atoms with Crippen LogP contribution < -0.4 is 10.9 Å². The standard InChI is InChI=1S/C7H12N2/c1-5-6-3-2-4-7(6)9-8-5/h7-9H,2-4H2,1H3. The number of rotatable bonds is 0. The molecule has 1 aliphatic carbocycles. The fraction of sp³-hybridized carbons (Fsp3) is 0.714. The first-order valence-electron chi connectivity index (χ1n) is 3.59. The lowest BCUT2D eigenvalue weighted by molar-refractivity contribution is 0.560. The molecule has 1 aliphatic heterocycles. The summed E-state index contributed by atoms with van der Waals surface area (Å²) in [6.45, 7) is 2.15. The van der Waals surface area contributed by atoms with Gasteiger partial charge in [0, 0.05) is 11.7 Å². The van der Waals surface area contributed by atoms with Gasteiger partial charge in [-0.2, -0.15) is 0 Å². The third kappa shape index (κ3) is 0.663. The number of hydrazine groups is 1. The zero-order valence-electron chi connectivity index (χ0n) is 5.70. The second-order valence-electron chi connectivity index (χ2n) is 2.86. The van der Waals surface area contributed by atoms with Crippen molar-refractivity contribution in [2.75, 3.05) is 0 Å². The van der Waals surface area contributed by atoms with Crippen molar-refractivity contribution in [2.45, 2.75) is 32.2 Å². The van der Waals surface area contributed by atoms with Crippen molar-refractivity contribution in [1.82, 2.24) is 10.9 Å². The van der Waals surface area contributed by atoms with Gasteiger partial charge in [0.25, 0.3) is 0 Å². The Morgan fingerprint density at radius 2 is 2.44 bits per heavy atom. The maximum absolute atomic E-state index is 3.24. The van der Waals surface area contributed by atoms with Gasteiger partial charge in [-0.25, -0.2) is 5.43 Å². The van der Waals surface area contributed by atoms with Crippen LogP contribution in [0.1, 0.15) is 26.2 Å². The minimum atomic E-state index is 0.671. The fourth-order valence-corrected chi connectivity index (χ4v) is 1.73. The van der Waals surface area contributed by atoms with Crippen LogP contribution in [0.25, 0.3) is 0 Å². The van der Waals surface area contributed by atoms with Crippen molar-refractivity contribution >= 4 is 0 Å². The zero-order chi connectivity index (χ0) is 6.27. The third-order valence-electron chi connectivity index (χ3n) is 2.28. The molecule has 0 spiro atoms. The van der Waals surface area contributed by atoms with Crippen molar-refractivity contribution in [2.24, 2.45) is 0 Å². The van der Waals surface area contributed by atoms with Crippen LogP contribution in [0.4, 0.5) is 0 Å². The van der Waals surface area contributed by atoms with E-state index in [4.69, 9.17) is 0 Å². The van der Waals surface area contributed by atoms with Crippen molar-refractivity contribution in [3.8, 4) is 0 Å². The Bertz CT molecular complexity index is 160. The maximum Gasteiger partial charge on any atom is 0.0489 e. The zero-order valence-corrected chi connectivity index (χ0v) is 5.70. The van der Waals surface area contributed by atoms with Crippen LogP contribution in [-0.2, 0) is 0 Å². The lowest BCUT2D eigenvalue weighted by Crippen LogP contribution is -2.30. The minimum Gasteiger partial charge on any atom is -0.325 e. The number of hydrogen-bond acceptors (Lipinski definition) is 2. The number of allylic oxidation sites excluding steroid dienone is 1. The molecule has 2 rings (SSSR count). The average molecular weight is 124 g/mol. The summed E-state index contributed by atoms with van der Waals surface area (Å²) in [7, 11) is 0. The van der Waals surface area contributed by atoms with E-state index in [0.29, 0.717) is 6.04 Å². The van der Waals surface area contributed by atoms with Gasteiger partial charge in [0.2, 0.25) is 0 Å². The third-order valence-corrected chi connectivity index (χ3v) is 2.28. The van der Waals surface area contributed by atoms with E-state index >= 15 is 0 Å². The predicted octanol–water partition coefficient (Wildman–Crippen LogP) is 0.921. The highest BCUT2D eigenvalue weighted by Crippen LogP contribution is 2.29. The van der Waals surface area contributed by atoms with Gasteiger partial charge >= 0.3 is 0 Å². The highest BCUT2D eigenvalue weighted by molar-refractivity contribution is 5.24. The van der Waals surface area contributed by atoms with E-state index in [1.165, 1.54) is 25.0 Å². The molecule has 9 heavy (non-hydrogen) atoms. The molecule has 0 aromatic rings. The van der Waals surface area contributed by atoms with Crippen LogP contribution >= 0.6 is 0 Å². The molecule has 1 atom stereocenters. The lowest BCUT2D eigenvalue weighted by atomic mass is 10.1. The maximum atomic E-state index is 3.24. The van der Waals surface area contributed by atoms with Gasteiger partial charge in [0.15, 0.2) is 0 Å². The molecule has 0 radical (unpaired) electrons. The Balaban J connectivity index is 2.28. The van der Waals surface area contributed by atoms with E-state index in [2.05, 4.69) is 17.8 Å². The molecule has 0 aromatic heterocycles. The van der Waals surface area contributed by atoms with Crippen LogP contribution in [0, 0.1) is 0 Å².